The molecule has 2 aliphatic heterocycles. The molecular weight excluding hydrogens is 422 g/mol. The molecule has 2 aromatic carbocycles. The summed E-state index contributed by atoms with van der Waals surface area (Å²) in [5, 5.41) is 0. The smallest absolute Gasteiger partial charge is 0.232 e. The van der Waals surface area contributed by atoms with Gasteiger partial charge in [-0.2, -0.15) is 0 Å². The van der Waals surface area contributed by atoms with Crippen LogP contribution in [0.25, 0.3) is 6.08 Å². The van der Waals surface area contributed by atoms with Crippen molar-refractivity contribution in [2.75, 3.05) is 13.8 Å². The molecule has 6 heteroatoms. The third-order valence-electron chi connectivity index (χ3n) is 5.49. The lowest BCUT2D eigenvalue weighted by Crippen LogP contribution is -2.34. The van der Waals surface area contributed by atoms with E-state index in [2.05, 4.69) is 20.8 Å². The highest BCUT2D eigenvalue weighted by Gasteiger charge is 2.38. The summed E-state index contributed by atoms with van der Waals surface area (Å²) in [6.45, 7) is 3.28. The number of carbonyl (C=O) groups is 1. The average Bonchev–Trinajstić information content (AvgIpc) is 3.47. The summed E-state index contributed by atoms with van der Waals surface area (Å²) in [6, 6.07) is 8.21. The zero-order valence-corrected chi connectivity index (χ0v) is 17.3. The van der Waals surface area contributed by atoms with E-state index in [0.717, 1.165) is 33.5 Å². The standard InChI is InChI=1S/C22H20BrNO4/c1-12-7-18-16(10-24(11-27-18)15-4-5-15)22-20(12)21(25)19(28-22)9-13-8-14(23)3-6-17(13)26-2/h3,6-9,15H,4-5,10-11H2,1-2H3/b19-9-. The van der Waals surface area contributed by atoms with E-state index in [1.807, 2.05) is 31.2 Å². The van der Waals surface area contributed by atoms with Gasteiger partial charge in [0.2, 0.25) is 5.78 Å². The monoisotopic (exact) mass is 441 g/mol. The van der Waals surface area contributed by atoms with Crippen molar-refractivity contribution in [3.8, 4) is 17.2 Å². The molecule has 0 aromatic heterocycles. The highest BCUT2D eigenvalue weighted by molar-refractivity contribution is 9.10. The van der Waals surface area contributed by atoms with Crippen LogP contribution in [0, 0.1) is 6.92 Å². The largest absolute Gasteiger partial charge is 0.496 e. The number of Topliss-reactive ketones (excluding diaryl/α,β-unsaturated/α-hetero) is 1. The molecule has 0 bridgehead atoms. The van der Waals surface area contributed by atoms with Gasteiger partial charge in [-0.3, -0.25) is 9.69 Å². The van der Waals surface area contributed by atoms with Gasteiger partial charge in [-0.1, -0.05) is 15.9 Å². The van der Waals surface area contributed by atoms with Crippen LogP contribution in [-0.2, 0) is 6.54 Å². The molecule has 0 amide bonds. The number of ether oxygens (including phenoxy) is 3. The van der Waals surface area contributed by atoms with Crippen molar-refractivity contribution in [1.82, 2.24) is 4.90 Å². The second kappa shape index (κ2) is 6.64. The first kappa shape index (κ1) is 17.8. The fourth-order valence-corrected chi connectivity index (χ4v) is 4.26. The lowest BCUT2D eigenvalue weighted by Gasteiger charge is -2.30. The van der Waals surface area contributed by atoms with Gasteiger partial charge in [-0.15, -0.1) is 0 Å². The van der Waals surface area contributed by atoms with Crippen LogP contribution in [0.1, 0.15) is 39.9 Å². The number of fused-ring (bicyclic) bond motifs is 3. The summed E-state index contributed by atoms with van der Waals surface area (Å²) >= 11 is 3.47. The molecule has 144 valence electrons. The van der Waals surface area contributed by atoms with Crippen molar-refractivity contribution in [3.63, 3.8) is 0 Å². The highest BCUT2D eigenvalue weighted by atomic mass is 79.9. The Morgan fingerprint density at radius 3 is 2.86 bits per heavy atom. The fourth-order valence-electron chi connectivity index (χ4n) is 3.88. The molecule has 1 fully saturated rings. The number of halogens is 1. The van der Waals surface area contributed by atoms with E-state index in [9.17, 15) is 4.79 Å². The predicted octanol–water partition coefficient (Wildman–Crippen LogP) is 4.70. The van der Waals surface area contributed by atoms with Crippen LogP contribution in [0.4, 0.5) is 0 Å². The minimum absolute atomic E-state index is 0.0964. The molecule has 0 atom stereocenters. The van der Waals surface area contributed by atoms with Gasteiger partial charge in [0.05, 0.1) is 18.2 Å². The zero-order valence-electron chi connectivity index (χ0n) is 15.8. The van der Waals surface area contributed by atoms with Gasteiger partial charge < -0.3 is 14.2 Å². The van der Waals surface area contributed by atoms with Crippen LogP contribution in [0.2, 0.25) is 0 Å². The zero-order chi connectivity index (χ0) is 19.4. The molecule has 0 N–H and O–H groups in total. The van der Waals surface area contributed by atoms with Crippen LogP contribution in [0.3, 0.4) is 0 Å². The van der Waals surface area contributed by atoms with E-state index >= 15 is 0 Å². The van der Waals surface area contributed by atoms with Crippen molar-refractivity contribution >= 4 is 27.8 Å². The Labute approximate surface area is 172 Å². The molecule has 0 saturated heterocycles. The highest BCUT2D eigenvalue weighted by Crippen LogP contribution is 2.45. The summed E-state index contributed by atoms with van der Waals surface area (Å²) in [4.78, 5) is 15.4. The normalized spacial score (nSPS) is 19.8. The lowest BCUT2D eigenvalue weighted by atomic mass is 9.98. The molecule has 1 saturated carbocycles. The van der Waals surface area contributed by atoms with E-state index < -0.39 is 0 Å². The number of ketones is 1. The van der Waals surface area contributed by atoms with Crippen molar-refractivity contribution in [2.24, 2.45) is 0 Å². The fraction of sp³-hybridized carbons (Fsp3) is 0.318. The van der Waals surface area contributed by atoms with E-state index in [4.69, 9.17) is 14.2 Å². The third kappa shape index (κ3) is 2.91. The number of rotatable bonds is 3. The number of benzene rings is 2. The van der Waals surface area contributed by atoms with E-state index in [1.54, 1.807) is 13.2 Å². The van der Waals surface area contributed by atoms with Gasteiger partial charge in [0.1, 0.15) is 24.0 Å². The lowest BCUT2D eigenvalue weighted by molar-refractivity contribution is 0.0867. The van der Waals surface area contributed by atoms with E-state index in [-0.39, 0.29) is 5.78 Å². The van der Waals surface area contributed by atoms with Crippen LogP contribution < -0.4 is 14.2 Å². The predicted molar refractivity (Wildman–Crippen MR) is 109 cm³/mol. The topological polar surface area (TPSA) is 48.0 Å². The van der Waals surface area contributed by atoms with Gasteiger partial charge in [-0.05, 0) is 55.7 Å². The van der Waals surface area contributed by atoms with E-state index in [0.29, 0.717) is 35.6 Å². The third-order valence-corrected chi connectivity index (χ3v) is 5.99. The molecule has 5 rings (SSSR count). The van der Waals surface area contributed by atoms with Crippen molar-refractivity contribution in [2.45, 2.75) is 32.4 Å². The number of methoxy groups -OCH3 is 1. The minimum atomic E-state index is -0.0964. The van der Waals surface area contributed by atoms with Crippen LogP contribution in [-0.4, -0.2) is 30.6 Å². The number of allylic oxidation sites excluding steroid dienone is 1. The first-order valence-electron chi connectivity index (χ1n) is 9.36. The van der Waals surface area contributed by atoms with Gasteiger partial charge in [-0.25, -0.2) is 0 Å². The summed E-state index contributed by atoms with van der Waals surface area (Å²) in [7, 11) is 1.61. The number of hydrogen-bond acceptors (Lipinski definition) is 5. The molecule has 2 heterocycles. The van der Waals surface area contributed by atoms with Crippen LogP contribution in [0.5, 0.6) is 17.2 Å². The summed E-state index contributed by atoms with van der Waals surface area (Å²) < 4.78 is 18.4. The van der Waals surface area contributed by atoms with Gasteiger partial charge >= 0.3 is 0 Å². The first-order chi connectivity index (χ1) is 13.5. The second-order valence-corrected chi connectivity index (χ2v) is 8.37. The van der Waals surface area contributed by atoms with Crippen LogP contribution >= 0.6 is 15.9 Å². The molecule has 5 nitrogen and oxygen atoms in total. The van der Waals surface area contributed by atoms with Crippen molar-refractivity contribution in [3.05, 3.63) is 56.8 Å². The van der Waals surface area contributed by atoms with Gasteiger partial charge in [0, 0.05) is 22.6 Å². The van der Waals surface area contributed by atoms with Crippen LogP contribution in [0.15, 0.2) is 34.5 Å². The molecule has 0 unspecified atom stereocenters. The quantitative estimate of drug-likeness (QED) is 0.646. The molecule has 2 aromatic rings. The average molecular weight is 442 g/mol. The number of nitrogens with zero attached hydrogens (tertiary/aromatic N) is 1. The molecule has 1 aliphatic carbocycles. The first-order valence-corrected chi connectivity index (χ1v) is 10.2. The molecule has 28 heavy (non-hydrogen) atoms. The summed E-state index contributed by atoms with van der Waals surface area (Å²) in [6.07, 6.45) is 4.17. The Morgan fingerprint density at radius 2 is 2.11 bits per heavy atom. The maximum Gasteiger partial charge on any atom is 0.232 e. The molecule has 0 spiro atoms. The van der Waals surface area contributed by atoms with E-state index in [1.165, 1.54) is 12.8 Å². The SMILES string of the molecule is COc1ccc(Br)cc1/C=C1\Oc2c3c(cc(C)c2C1=O)OCN(C1CC1)C3. The Morgan fingerprint density at radius 1 is 1.29 bits per heavy atom. The Kier molecular flexibility index (Phi) is 4.21. The van der Waals surface area contributed by atoms with Crippen molar-refractivity contribution in [1.29, 1.82) is 0 Å². The number of carbonyl (C=O) groups excluding carboxylic acids is 1. The Balaban J connectivity index is 1.56. The number of aryl methyl sites for hydroxylation is 1. The van der Waals surface area contributed by atoms with Gasteiger partial charge in [0.15, 0.2) is 5.76 Å². The molecule has 3 aliphatic rings. The molecular formula is C22H20BrNO4. The summed E-state index contributed by atoms with van der Waals surface area (Å²) in [5.74, 6) is 2.37. The minimum Gasteiger partial charge on any atom is -0.496 e. The second-order valence-electron chi connectivity index (χ2n) is 7.45. The van der Waals surface area contributed by atoms with Crippen molar-refractivity contribution < 1.29 is 19.0 Å². The maximum absolute atomic E-state index is 13.1. The van der Waals surface area contributed by atoms with Gasteiger partial charge in [0.25, 0.3) is 0 Å². The maximum atomic E-state index is 13.1. The Hall–Kier alpha value is -2.31. The molecule has 0 radical (unpaired) electrons. The summed E-state index contributed by atoms with van der Waals surface area (Å²) in [5.41, 5.74) is 3.27. The number of hydrogen-bond donors (Lipinski definition) is 0. The Bertz CT molecular complexity index is 1030.